The van der Waals surface area contributed by atoms with Gasteiger partial charge in [0.1, 0.15) is 4.34 Å². The highest BCUT2D eigenvalue weighted by atomic mass is 35.5. The number of hydrogen-bond acceptors (Lipinski definition) is 5. The Kier molecular flexibility index (Phi) is 9.43. The van der Waals surface area contributed by atoms with Crippen molar-refractivity contribution in [3.05, 3.63) is 20.3 Å². The Hall–Kier alpha value is -0.370. The van der Waals surface area contributed by atoms with Crippen LogP contribution in [0.1, 0.15) is 9.67 Å². The minimum absolute atomic E-state index is 0.0509. The summed E-state index contributed by atoms with van der Waals surface area (Å²) in [5, 5.41) is 21.6. The average Bonchev–Trinajstić information content (AvgIpc) is 2.61. The van der Waals surface area contributed by atoms with Crippen LogP contribution in [0.5, 0.6) is 0 Å². The summed E-state index contributed by atoms with van der Waals surface area (Å²) in [5.41, 5.74) is 3.61. The number of aromatic carboxylic acids is 1. The molecule has 17 heavy (non-hydrogen) atoms. The molecule has 0 atom stereocenters. The minimum Gasteiger partial charge on any atom is -0.544 e. The summed E-state index contributed by atoms with van der Waals surface area (Å²) in [7, 11) is 0. The van der Waals surface area contributed by atoms with E-state index in [2.05, 4.69) is 11.1 Å². The summed E-state index contributed by atoms with van der Waals surface area (Å²) in [6, 6.07) is 1.27. The number of thiophene rings is 1. The van der Waals surface area contributed by atoms with Crippen LogP contribution in [0.3, 0.4) is 0 Å². The van der Waals surface area contributed by atoms with E-state index in [1.54, 1.807) is 0 Å². The Morgan fingerprint density at radius 2 is 2.18 bits per heavy atom. The molecule has 5 nitrogen and oxygen atoms in total. The van der Waals surface area contributed by atoms with E-state index in [0.717, 1.165) is 24.4 Å². The lowest BCUT2D eigenvalue weighted by molar-refractivity contribution is -0.365. The van der Waals surface area contributed by atoms with Crippen LogP contribution < -0.4 is 16.2 Å². The largest absolute Gasteiger partial charge is 0.544 e. The van der Waals surface area contributed by atoms with Crippen molar-refractivity contribution in [1.82, 2.24) is 5.32 Å². The van der Waals surface area contributed by atoms with E-state index in [-0.39, 0.29) is 20.8 Å². The summed E-state index contributed by atoms with van der Waals surface area (Å²) in [5.74, 6) is -1.25. The predicted molar refractivity (Wildman–Crippen MR) is 66.4 cm³/mol. The molecule has 0 spiro atoms. The molecule has 1 heterocycles. The summed E-state index contributed by atoms with van der Waals surface area (Å²) < 4.78 is 0.279. The molecule has 0 aliphatic carbocycles. The molecule has 0 aliphatic rings. The van der Waals surface area contributed by atoms with E-state index in [1.165, 1.54) is 6.07 Å². The van der Waals surface area contributed by atoms with Gasteiger partial charge in [0.15, 0.2) is 0 Å². The van der Waals surface area contributed by atoms with Crippen LogP contribution in [0.25, 0.3) is 0 Å². The highest BCUT2D eigenvalue weighted by molar-refractivity contribution is 7.18. The molecule has 1 rings (SSSR count). The van der Waals surface area contributed by atoms with Crippen LogP contribution in [0.2, 0.25) is 9.36 Å². The lowest BCUT2D eigenvalue weighted by atomic mass is 10.5. The average molecular weight is 301 g/mol. The van der Waals surface area contributed by atoms with Gasteiger partial charge in [-0.1, -0.05) is 23.2 Å². The van der Waals surface area contributed by atoms with Crippen molar-refractivity contribution in [1.29, 1.82) is 0 Å². The number of carboxylic acid groups (broad SMARTS) is 1. The van der Waals surface area contributed by atoms with Crippen LogP contribution >= 0.6 is 34.5 Å². The highest BCUT2D eigenvalue weighted by Crippen LogP contribution is 2.30. The number of carbonyl (C=O) groups is 1. The Morgan fingerprint density at radius 1 is 1.53 bits per heavy atom. The molecule has 0 bridgehead atoms. The number of hydrogen-bond donors (Lipinski definition) is 3. The van der Waals surface area contributed by atoms with E-state index < -0.39 is 5.97 Å². The molecule has 0 radical (unpaired) electrons. The first-order chi connectivity index (χ1) is 8.02. The van der Waals surface area contributed by atoms with E-state index in [9.17, 15) is 9.90 Å². The number of carboxylic acids is 1. The first kappa shape index (κ1) is 16.6. The molecule has 0 unspecified atom stereocenters. The minimum atomic E-state index is -1.25. The van der Waals surface area contributed by atoms with Gasteiger partial charge in [-0.2, -0.15) is 0 Å². The van der Waals surface area contributed by atoms with Gasteiger partial charge in [0.25, 0.3) is 0 Å². The van der Waals surface area contributed by atoms with Crippen molar-refractivity contribution in [3.63, 3.8) is 0 Å². The van der Waals surface area contributed by atoms with Gasteiger partial charge in [-0.15, -0.1) is 11.3 Å². The number of quaternary nitrogens is 1. The van der Waals surface area contributed by atoms with E-state index in [4.69, 9.17) is 28.3 Å². The Bertz CT molecular complexity index is 323. The maximum atomic E-state index is 10.1. The van der Waals surface area contributed by atoms with Gasteiger partial charge in [-0.05, 0) is 6.07 Å². The van der Waals surface area contributed by atoms with Crippen LogP contribution in [-0.2, 0) is 0 Å². The van der Waals surface area contributed by atoms with Crippen molar-refractivity contribution in [3.8, 4) is 0 Å². The van der Waals surface area contributed by atoms with E-state index >= 15 is 0 Å². The van der Waals surface area contributed by atoms with Crippen LogP contribution in [-0.4, -0.2) is 37.3 Å². The van der Waals surface area contributed by atoms with E-state index in [1.807, 2.05) is 0 Å². The third-order valence-corrected chi connectivity index (χ3v) is 3.33. The van der Waals surface area contributed by atoms with Gasteiger partial charge in [-0.25, -0.2) is 0 Å². The van der Waals surface area contributed by atoms with Gasteiger partial charge >= 0.3 is 0 Å². The topological polar surface area (TPSA) is 100 Å². The fraction of sp³-hybridized carbons (Fsp3) is 0.444. The predicted octanol–water partition coefficient (Wildman–Crippen LogP) is -0.771. The zero-order valence-corrected chi connectivity index (χ0v) is 11.4. The van der Waals surface area contributed by atoms with Crippen molar-refractivity contribution >= 4 is 40.5 Å². The van der Waals surface area contributed by atoms with Crippen LogP contribution in [0.4, 0.5) is 0 Å². The summed E-state index contributed by atoms with van der Waals surface area (Å²) >= 11 is 11.8. The summed E-state index contributed by atoms with van der Waals surface area (Å²) in [4.78, 5) is 10.2. The van der Waals surface area contributed by atoms with Crippen molar-refractivity contribution in [2.45, 2.75) is 0 Å². The molecule has 0 amide bonds. The Morgan fingerprint density at radius 3 is 2.47 bits per heavy atom. The molecule has 0 aliphatic heterocycles. The lowest BCUT2D eigenvalue weighted by Gasteiger charge is -1.93. The van der Waals surface area contributed by atoms with E-state index in [0.29, 0.717) is 6.54 Å². The van der Waals surface area contributed by atoms with Crippen LogP contribution in [0.15, 0.2) is 6.07 Å². The molecule has 8 heteroatoms. The second-order valence-corrected chi connectivity index (χ2v) is 4.91. The number of halogens is 2. The molecule has 98 valence electrons. The van der Waals surface area contributed by atoms with Gasteiger partial charge in [-0.3, -0.25) is 0 Å². The van der Waals surface area contributed by atoms with Crippen molar-refractivity contribution < 1.29 is 20.7 Å². The molecule has 0 saturated carbocycles. The number of nitrogens with one attached hydrogen (secondary N) is 1. The molecular formula is C9H14Cl2N2O3S. The first-order valence-corrected chi connectivity index (χ1v) is 6.37. The van der Waals surface area contributed by atoms with Gasteiger partial charge in [0.05, 0.1) is 29.0 Å². The molecule has 1 aromatic rings. The SMILES string of the molecule is O=C([O-])c1cc(Cl)c(Cl)s1.[NH3+]CCNCCO. The Balaban J connectivity index is 0.000000325. The monoisotopic (exact) mass is 300 g/mol. The third kappa shape index (κ3) is 7.54. The second kappa shape index (κ2) is 9.64. The van der Waals surface area contributed by atoms with Crippen molar-refractivity contribution in [2.24, 2.45) is 0 Å². The molecular weight excluding hydrogens is 287 g/mol. The maximum absolute atomic E-state index is 10.1. The highest BCUT2D eigenvalue weighted by Gasteiger charge is 2.04. The fourth-order valence-electron chi connectivity index (χ4n) is 0.776. The van der Waals surface area contributed by atoms with Crippen LogP contribution in [0, 0.1) is 0 Å². The third-order valence-electron chi connectivity index (χ3n) is 1.49. The first-order valence-electron chi connectivity index (χ1n) is 4.80. The molecule has 5 N–H and O–H groups in total. The van der Waals surface area contributed by atoms with Gasteiger partial charge in [0, 0.05) is 13.1 Å². The number of aliphatic hydroxyl groups is 1. The molecule has 0 fully saturated rings. The lowest BCUT2D eigenvalue weighted by Crippen LogP contribution is -2.54. The zero-order chi connectivity index (χ0) is 13.3. The zero-order valence-electron chi connectivity index (χ0n) is 9.04. The standard InChI is InChI=1S/C5H2Cl2O2S.C4H12N2O/c6-2-1-3(5(8)9)10-4(2)7;5-1-2-6-3-4-7/h1H,(H,8,9);6-7H,1-5H2. The van der Waals surface area contributed by atoms with Gasteiger partial charge in [0.2, 0.25) is 0 Å². The van der Waals surface area contributed by atoms with Gasteiger partial charge < -0.3 is 26.1 Å². The van der Waals surface area contributed by atoms with Crippen molar-refractivity contribution in [2.75, 3.05) is 26.2 Å². The normalized spacial score (nSPS) is 9.65. The smallest absolute Gasteiger partial charge is 0.112 e. The Labute approximate surface area is 113 Å². The molecule has 0 aromatic carbocycles. The maximum Gasteiger partial charge on any atom is 0.112 e. The second-order valence-electron chi connectivity index (χ2n) is 2.85. The molecule has 1 aromatic heterocycles. The quantitative estimate of drug-likeness (QED) is 0.622. The summed E-state index contributed by atoms with van der Waals surface area (Å²) in [6.07, 6.45) is 0. The number of rotatable bonds is 5. The molecule has 0 saturated heterocycles. The number of aliphatic hydroxyl groups excluding tert-OH is 1. The fourth-order valence-corrected chi connectivity index (χ4v) is 1.98. The summed E-state index contributed by atoms with van der Waals surface area (Å²) in [6.45, 7) is 2.70. The number of carbonyl (C=O) groups excluding carboxylic acids is 1.